The maximum absolute atomic E-state index is 10.4. The van der Waals surface area contributed by atoms with Crippen LogP contribution in [0.15, 0.2) is 60.9 Å². The van der Waals surface area contributed by atoms with E-state index < -0.39 is 36.6 Å². The largest absolute Gasteiger partial charge is 0.462 e. The van der Waals surface area contributed by atoms with Crippen molar-refractivity contribution in [2.75, 3.05) is 6.61 Å². The zero-order valence-electron chi connectivity index (χ0n) is 14.9. The van der Waals surface area contributed by atoms with Gasteiger partial charge in [0.25, 0.3) is 0 Å². The lowest BCUT2D eigenvalue weighted by Gasteiger charge is -2.53. The summed E-state index contributed by atoms with van der Waals surface area (Å²) >= 11 is 0. The molecule has 1 heterocycles. The third kappa shape index (κ3) is 2.85. The first kappa shape index (κ1) is 18.8. The summed E-state index contributed by atoms with van der Waals surface area (Å²) in [5.74, 6) is -0.821. The van der Waals surface area contributed by atoms with Crippen LogP contribution in [-0.4, -0.2) is 61.2 Å². The first-order chi connectivity index (χ1) is 13.5. The molecule has 1 aliphatic rings. The summed E-state index contributed by atoms with van der Waals surface area (Å²) in [4.78, 5) is 4.13. The van der Waals surface area contributed by atoms with E-state index in [9.17, 15) is 25.5 Å². The molecule has 0 aliphatic heterocycles. The molecule has 146 valence electrons. The molecular formula is C21H21NO6. The number of benzene rings is 2. The second kappa shape index (κ2) is 7.12. The molecule has 5 unspecified atom stereocenters. The SMILES string of the molecule is OCC1C(O)C(O)C1(O)C(O)Oc1ccc(-c2cccc3cnccc23)cc1. The van der Waals surface area contributed by atoms with Crippen LogP contribution in [0.3, 0.4) is 0 Å². The molecule has 3 aromatic rings. The molecule has 1 fully saturated rings. The van der Waals surface area contributed by atoms with E-state index in [0.717, 1.165) is 21.9 Å². The third-order valence-corrected chi connectivity index (χ3v) is 5.49. The fourth-order valence-corrected chi connectivity index (χ4v) is 3.76. The van der Waals surface area contributed by atoms with E-state index in [0.29, 0.717) is 0 Å². The molecule has 1 aliphatic carbocycles. The van der Waals surface area contributed by atoms with Gasteiger partial charge in [0.2, 0.25) is 6.29 Å². The molecule has 1 aromatic heterocycles. The summed E-state index contributed by atoms with van der Waals surface area (Å²) in [6.07, 6.45) is -1.21. The minimum Gasteiger partial charge on any atom is -0.462 e. The Labute approximate surface area is 161 Å². The highest BCUT2D eigenvalue weighted by Gasteiger charge is 2.65. The molecule has 5 N–H and O–H groups in total. The van der Waals surface area contributed by atoms with Crippen molar-refractivity contribution < 1.29 is 30.3 Å². The molecule has 0 bridgehead atoms. The van der Waals surface area contributed by atoms with Gasteiger partial charge in [-0.1, -0.05) is 30.3 Å². The maximum Gasteiger partial charge on any atom is 0.229 e. The molecule has 1 saturated carbocycles. The standard InChI is InChI=1S/C21H21NO6/c23-11-17-18(24)19(25)21(17,27)20(26)28-14-6-4-12(5-7-14)15-3-1-2-13-10-22-9-8-16(13)15/h1-10,17-20,23-27H,11H2. The summed E-state index contributed by atoms with van der Waals surface area (Å²) in [7, 11) is 0. The van der Waals surface area contributed by atoms with Crippen LogP contribution < -0.4 is 4.74 Å². The number of rotatable bonds is 5. The van der Waals surface area contributed by atoms with Crippen molar-refractivity contribution in [2.24, 2.45) is 5.92 Å². The Morgan fingerprint density at radius 2 is 1.82 bits per heavy atom. The summed E-state index contributed by atoms with van der Waals surface area (Å²) < 4.78 is 5.36. The van der Waals surface area contributed by atoms with Crippen LogP contribution in [0.1, 0.15) is 0 Å². The number of aliphatic hydroxyl groups is 5. The molecular weight excluding hydrogens is 362 g/mol. The number of hydrogen-bond donors (Lipinski definition) is 5. The Kier molecular flexibility index (Phi) is 4.78. The second-order valence-electron chi connectivity index (χ2n) is 7.01. The Hall–Kier alpha value is -2.55. The lowest BCUT2D eigenvalue weighted by Crippen LogP contribution is -2.76. The molecule has 2 aromatic carbocycles. The molecule has 0 saturated heterocycles. The van der Waals surface area contributed by atoms with Crippen LogP contribution in [0.2, 0.25) is 0 Å². The van der Waals surface area contributed by atoms with Crippen LogP contribution in [0.4, 0.5) is 0 Å². The van der Waals surface area contributed by atoms with Gasteiger partial charge in [-0.25, -0.2) is 0 Å². The number of ether oxygens (including phenoxy) is 1. The molecule has 5 atom stereocenters. The summed E-state index contributed by atoms with van der Waals surface area (Å²) in [6.45, 7) is -0.593. The molecule has 7 heteroatoms. The normalized spacial score (nSPS) is 28.0. The molecule has 4 rings (SSSR count). The second-order valence-corrected chi connectivity index (χ2v) is 7.01. The van der Waals surface area contributed by atoms with Crippen molar-refractivity contribution in [3.8, 4) is 16.9 Å². The van der Waals surface area contributed by atoms with Gasteiger partial charge >= 0.3 is 0 Å². The van der Waals surface area contributed by atoms with E-state index in [1.165, 1.54) is 0 Å². The van der Waals surface area contributed by atoms with Crippen LogP contribution >= 0.6 is 0 Å². The van der Waals surface area contributed by atoms with Gasteiger partial charge in [-0.05, 0) is 34.7 Å². The topological polar surface area (TPSA) is 123 Å². The highest BCUT2D eigenvalue weighted by Crippen LogP contribution is 2.42. The van der Waals surface area contributed by atoms with E-state index >= 15 is 0 Å². The van der Waals surface area contributed by atoms with Crippen molar-refractivity contribution >= 4 is 10.8 Å². The van der Waals surface area contributed by atoms with E-state index in [2.05, 4.69) is 4.98 Å². The summed E-state index contributed by atoms with van der Waals surface area (Å²) in [6, 6.07) is 14.8. The van der Waals surface area contributed by atoms with Gasteiger partial charge in [0.15, 0.2) is 5.60 Å². The number of aliphatic hydroxyl groups excluding tert-OH is 4. The molecule has 0 amide bonds. The first-order valence-corrected chi connectivity index (χ1v) is 8.94. The number of hydrogen-bond acceptors (Lipinski definition) is 7. The summed E-state index contributed by atoms with van der Waals surface area (Å²) in [5.41, 5.74) is -0.191. The first-order valence-electron chi connectivity index (χ1n) is 8.94. The van der Waals surface area contributed by atoms with Crippen molar-refractivity contribution in [3.05, 3.63) is 60.9 Å². The number of fused-ring (bicyclic) bond motifs is 1. The van der Waals surface area contributed by atoms with E-state index in [4.69, 9.17) is 4.74 Å². The van der Waals surface area contributed by atoms with Gasteiger partial charge in [-0.15, -0.1) is 0 Å². The zero-order chi connectivity index (χ0) is 19.9. The van der Waals surface area contributed by atoms with E-state index in [1.807, 2.05) is 36.4 Å². The van der Waals surface area contributed by atoms with Crippen LogP contribution in [0, 0.1) is 5.92 Å². The Bertz CT molecular complexity index is 973. The van der Waals surface area contributed by atoms with Crippen molar-refractivity contribution in [1.82, 2.24) is 4.98 Å². The van der Waals surface area contributed by atoms with Gasteiger partial charge in [0.1, 0.15) is 11.9 Å². The monoisotopic (exact) mass is 383 g/mol. The summed E-state index contributed by atoms with van der Waals surface area (Å²) in [5, 5.41) is 51.5. The molecule has 0 spiro atoms. The number of aromatic nitrogens is 1. The van der Waals surface area contributed by atoms with Gasteiger partial charge in [-0.3, -0.25) is 4.98 Å². The molecule has 28 heavy (non-hydrogen) atoms. The Morgan fingerprint density at radius 1 is 1.07 bits per heavy atom. The van der Waals surface area contributed by atoms with Crippen molar-refractivity contribution in [3.63, 3.8) is 0 Å². The minimum absolute atomic E-state index is 0.275. The fourth-order valence-electron chi connectivity index (χ4n) is 3.76. The van der Waals surface area contributed by atoms with Crippen LogP contribution in [0.25, 0.3) is 21.9 Å². The smallest absolute Gasteiger partial charge is 0.229 e. The van der Waals surface area contributed by atoms with Crippen molar-refractivity contribution in [2.45, 2.75) is 24.1 Å². The Balaban J connectivity index is 1.56. The number of pyridine rings is 1. The van der Waals surface area contributed by atoms with Gasteiger partial charge in [0, 0.05) is 23.7 Å². The lowest BCUT2D eigenvalue weighted by atomic mass is 9.64. The average molecular weight is 383 g/mol. The highest BCUT2D eigenvalue weighted by molar-refractivity contribution is 5.96. The van der Waals surface area contributed by atoms with Crippen LogP contribution in [0.5, 0.6) is 5.75 Å². The zero-order valence-corrected chi connectivity index (χ0v) is 14.9. The van der Waals surface area contributed by atoms with Gasteiger partial charge < -0.3 is 30.3 Å². The maximum atomic E-state index is 10.4. The fraction of sp³-hybridized carbons (Fsp3) is 0.286. The van der Waals surface area contributed by atoms with E-state index in [-0.39, 0.29) is 5.75 Å². The molecule has 7 nitrogen and oxygen atoms in total. The van der Waals surface area contributed by atoms with Gasteiger partial charge in [-0.2, -0.15) is 0 Å². The third-order valence-electron chi connectivity index (χ3n) is 5.49. The Morgan fingerprint density at radius 3 is 2.54 bits per heavy atom. The predicted molar refractivity (Wildman–Crippen MR) is 101 cm³/mol. The van der Waals surface area contributed by atoms with Gasteiger partial charge in [0.05, 0.1) is 12.7 Å². The predicted octanol–water partition coefficient (Wildman–Crippen LogP) is 0.674. The number of nitrogens with zero attached hydrogens (tertiary/aromatic N) is 1. The average Bonchev–Trinajstić information content (AvgIpc) is 2.73. The van der Waals surface area contributed by atoms with Crippen molar-refractivity contribution in [1.29, 1.82) is 0 Å². The minimum atomic E-state index is -2.14. The lowest BCUT2D eigenvalue weighted by molar-refractivity contribution is -0.332. The van der Waals surface area contributed by atoms with Crippen LogP contribution in [-0.2, 0) is 0 Å². The molecule has 0 radical (unpaired) electrons. The van der Waals surface area contributed by atoms with E-state index in [1.54, 1.807) is 24.5 Å². The quantitative estimate of drug-likeness (QED) is 0.411. The highest BCUT2D eigenvalue weighted by atomic mass is 16.6.